The van der Waals surface area contributed by atoms with Crippen LogP contribution in [0, 0.1) is 0 Å². The van der Waals surface area contributed by atoms with Gasteiger partial charge in [0.2, 0.25) is 0 Å². The second-order valence-corrected chi connectivity index (χ2v) is 2.81. The van der Waals surface area contributed by atoms with E-state index >= 15 is 0 Å². The summed E-state index contributed by atoms with van der Waals surface area (Å²) in [6, 6.07) is 9.52. The van der Waals surface area contributed by atoms with Gasteiger partial charge in [0, 0.05) is 0 Å². The zero-order valence-corrected chi connectivity index (χ0v) is 7.31. The minimum atomic E-state index is -0.531. The summed E-state index contributed by atoms with van der Waals surface area (Å²) in [6.07, 6.45) is 0.939. The van der Waals surface area contributed by atoms with E-state index in [1.807, 2.05) is 30.3 Å². The Balaban J connectivity index is 1.90. The minimum Gasteiger partial charge on any atom is -0.441 e. The fraction of sp³-hybridized carbons (Fsp3) is 0.400. The monoisotopic (exact) mass is 180 g/mol. The molecule has 0 bridgehead atoms. The van der Waals surface area contributed by atoms with Gasteiger partial charge in [-0.2, -0.15) is 0 Å². The van der Waals surface area contributed by atoms with Crippen LogP contribution in [-0.4, -0.2) is 19.7 Å². The van der Waals surface area contributed by atoms with E-state index in [2.05, 4.69) is 0 Å². The highest BCUT2D eigenvalue weighted by atomic mass is 16.8. The number of ether oxygens (including phenoxy) is 3. The van der Waals surface area contributed by atoms with Gasteiger partial charge in [-0.15, -0.1) is 0 Å². The Morgan fingerprint density at radius 3 is 2.46 bits per heavy atom. The zero-order chi connectivity index (χ0) is 8.93. The van der Waals surface area contributed by atoms with Crippen LogP contribution >= 0.6 is 0 Å². The highest BCUT2D eigenvalue weighted by Crippen LogP contribution is 2.14. The van der Waals surface area contributed by atoms with Crippen LogP contribution in [0.1, 0.15) is 6.42 Å². The number of rotatable bonds is 2. The van der Waals surface area contributed by atoms with Crippen LogP contribution in [0.25, 0.3) is 0 Å². The third kappa shape index (κ3) is 2.44. The molecule has 0 saturated carbocycles. The van der Waals surface area contributed by atoms with Crippen molar-refractivity contribution in [2.75, 3.05) is 13.2 Å². The SMILES string of the molecule is c1ccc(OC2OCCCO2)cc1. The third-order valence-electron chi connectivity index (χ3n) is 1.77. The quantitative estimate of drug-likeness (QED) is 0.694. The first-order chi connectivity index (χ1) is 6.45. The molecule has 70 valence electrons. The van der Waals surface area contributed by atoms with Crippen molar-refractivity contribution in [1.29, 1.82) is 0 Å². The van der Waals surface area contributed by atoms with Crippen molar-refractivity contribution >= 4 is 0 Å². The molecule has 1 aliphatic rings. The molecule has 3 nitrogen and oxygen atoms in total. The highest BCUT2D eigenvalue weighted by molar-refractivity contribution is 5.20. The summed E-state index contributed by atoms with van der Waals surface area (Å²) in [6.45, 7) is 0.880. The molecule has 0 atom stereocenters. The third-order valence-corrected chi connectivity index (χ3v) is 1.77. The van der Waals surface area contributed by atoms with Crippen LogP contribution in [-0.2, 0) is 9.47 Å². The number of hydrogen-bond donors (Lipinski definition) is 0. The molecule has 0 radical (unpaired) electrons. The smallest absolute Gasteiger partial charge is 0.315 e. The molecule has 2 rings (SSSR count). The Labute approximate surface area is 77.2 Å². The van der Waals surface area contributed by atoms with E-state index in [9.17, 15) is 0 Å². The molecule has 0 spiro atoms. The Kier molecular flexibility index (Phi) is 2.79. The van der Waals surface area contributed by atoms with E-state index in [0.717, 1.165) is 12.2 Å². The predicted molar refractivity (Wildman–Crippen MR) is 47.4 cm³/mol. The lowest BCUT2D eigenvalue weighted by atomic mass is 10.3. The Morgan fingerprint density at radius 2 is 1.77 bits per heavy atom. The molecule has 1 heterocycles. The molecule has 0 amide bonds. The van der Waals surface area contributed by atoms with Gasteiger partial charge < -0.3 is 14.2 Å². The molecule has 1 aliphatic heterocycles. The van der Waals surface area contributed by atoms with Crippen LogP contribution in [0.5, 0.6) is 5.75 Å². The Morgan fingerprint density at radius 1 is 1.08 bits per heavy atom. The maximum absolute atomic E-state index is 5.41. The van der Waals surface area contributed by atoms with Gasteiger partial charge in [0.1, 0.15) is 5.75 Å². The van der Waals surface area contributed by atoms with E-state index in [1.165, 1.54) is 0 Å². The van der Waals surface area contributed by atoms with Crippen LogP contribution < -0.4 is 4.74 Å². The lowest BCUT2D eigenvalue weighted by Crippen LogP contribution is -2.29. The van der Waals surface area contributed by atoms with E-state index < -0.39 is 6.48 Å². The van der Waals surface area contributed by atoms with Crippen LogP contribution in [0.3, 0.4) is 0 Å². The summed E-state index contributed by atoms with van der Waals surface area (Å²) < 4.78 is 15.9. The van der Waals surface area contributed by atoms with Crippen molar-refractivity contribution in [1.82, 2.24) is 0 Å². The van der Waals surface area contributed by atoms with Gasteiger partial charge in [-0.3, -0.25) is 0 Å². The van der Waals surface area contributed by atoms with Crippen molar-refractivity contribution in [3.63, 3.8) is 0 Å². The molecule has 13 heavy (non-hydrogen) atoms. The average molecular weight is 180 g/mol. The molecule has 1 aromatic carbocycles. The second-order valence-electron chi connectivity index (χ2n) is 2.81. The molecular formula is C10H12O3. The second kappa shape index (κ2) is 4.25. The van der Waals surface area contributed by atoms with Gasteiger partial charge in [0.15, 0.2) is 0 Å². The number of benzene rings is 1. The largest absolute Gasteiger partial charge is 0.441 e. The summed E-state index contributed by atoms with van der Waals surface area (Å²) in [7, 11) is 0. The number of para-hydroxylation sites is 1. The Bertz CT molecular complexity index is 242. The predicted octanol–water partition coefficient (Wildman–Crippen LogP) is 1.79. The van der Waals surface area contributed by atoms with Crippen molar-refractivity contribution in [2.45, 2.75) is 12.9 Å². The van der Waals surface area contributed by atoms with Crippen molar-refractivity contribution in [3.05, 3.63) is 30.3 Å². The van der Waals surface area contributed by atoms with Crippen LogP contribution in [0.2, 0.25) is 0 Å². The maximum Gasteiger partial charge on any atom is 0.315 e. The highest BCUT2D eigenvalue weighted by Gasteiger charge is 2.14. The fourth-order valence-electron chi connectivity index (χ4n) is 1.14. The summed E-state index contributed by atoms with van der Waals surface area (Å²) in [5.41, 5.74) is 0. The van der Waals surface area contributed by atoms with E-state index in [-0.39, 0.29) is 0 Å². The van der Waals surface area contributed by atoms with Crippen molar-refractivity contribution < 1.29 is 14.2 Å². The first-order valence-corrected chi connectivity index (χ1v) is 4.40. The van der Waals surface area contributed by atoms with Gasteiger partial charge in [-0.25, -0.2) is 0 Å². The van der Waals surface area contributed by atoms with Crippen LogP contribution in [0.4, 0.5) is 0 Å². The summed E-state index contributed by atoms with van der Waals surface area (Å²) >= 11 is 0. The zero-order valence-electron chi connectivity index (χ0n) is 7.31. The standard InChI is InChI=1S/C10H12O3/c1-2-5-9(6-3-1)13-10-11-7-4-8-12-10/h1-3,5-6,10H,4,7-8H2. The Hall–Kier alpha value is -1.06. The van der Waals surface area contributed by atoms with Gasteiger partial charge in [-0.1, -0.05) is 18.2 Å². The van der Waals surface area contributed by atoms with E-state index in [0.29, 0.717) is 13.2 Å². The molecule has 1 saturated heterocycles. The van der Waals surface area contributed by atoms with Gasteiger partial charge in [-0.05, 0) is 18.6 Å². The molecule has 3 heteroatoms. The van der Waals surface area contributed by atoms with Crippen LogP contribution in [0.15, 0.2) is 30.3 Å². The van der Waals surface area contributed by atoms with E-state index in [4.69, 9.17) is 14.2 Å². The summed E-state index contributed by atoms with van der Waals surface area (Å²) in [5, 5.41) is 0. The average Bonchev–Trinajstić information content (AvgIpc) is 2.21. The topological polar surface area (TPSA) is 27.7 Å². The van der Waals surface area contributed by atoms with Gasteiger partial charge >= 0.3 is 6.48 Å². The van der Waals surface area contributed by atoms with Crippen molar-refractivity contribution in [2.24, 2.45) is 0 Å². The molecule has 0 aromatic heterocycles. The van der Waals surface area contributed by atoms with Crippen molar-refractivity contribution in [3.8, 4) is 5.75 Å². The molecule has 0 aliphatic carbocycles. The van der Waals surface area contributed by atoms with Gasteiger partial charge in [0.25, 0.3) is 0 Å². The molecular weight excluding hydrogens is 168 g/mol. The summed E-state index contributed by atoms with van der Waals surface area (Å²) in [4.78, 5) is 0. The normalized spacial score (nSPS) is 18.5. The fourth-order valence-corrected chi connectivity index (χ4v) is 1.14. The van der Waals surface area contributed by atoms with E-state index in [1.54, 1.807) is 0 Å². The molecule has 0 N–H and O–H groups in total. The first-order valence-electron chi connectivity index (χ1n) is 4.40. The lowest BCUT2D eigenvalue weighted by Gasteiger charge is -2.23. The number of hydrogen-bond acceptors (Lipinski definition) is 3. The first kappa shape index (κ1) is 8.53. The lowest BCUT2D eigenvalue weighted by molar-refractivity contribution is -0.272. The molecule has 0 unspecified atom stereocenters. The molecule has 1 aromatic rings. The van der Waals surface area contributed by atoms with Gasteiger partial charge in [0.05, 0.1) is 13.2 Å². The maximum atomic E-state index is 5.41. The molecule has 1 fully saturated rings. The summed E-state index contributed by atoms with van der Waals surface area (Å²) in [5.74, 6) is 0.773. The minimum absolute atomic E-state index is 0.531.